The fourth-order valence-corrected chi connectivity index (χ4v) is 9.96. The minimum atomic E-state index is -0.469. The molecule has 0 amide bonds. The Labute approximate surface area is 171 Å². The van der Waals surface area contributed by atoms with E-state index in [1.165, 1.54) is 19.3 Å². The Morgan fingerprint density at radius 2 is 1.92 bits per heavy atom. The Morgan fingerprint density at radius 1 is 1.17 bits per heavy atom. The van der Waals surface area contributed by atoms with Crippen LogP contribution in [0.15, 0.2) is 48.1 Å². The van der Waals surface area contributed by atoms with Crippen LogP contribution >= 0.6 is 0 Å². The molecule has 0 nitrogen and oxygen atoms in total. The third-order valence-corrected chi connectivity index (χ3v) is 10.1. The second-order valence-corrected chi connectivity index (χ2v) is 12.1. The minimum Gasteiger partial charge on any atom is -1.00 e. The van der Waals surface area contributed by atoms with E-state index in [4.69, 9.17) is 0 Å². The van der Waals surface area contributed by atoms with Gasteiger partial charge < -0.3 is 24.8 Å². The summed E-state index contributed by atoms with van der Waals surface area (Å²) in [6, 6.07) is 0. The topological polar surface area (TPSA) is 0 Å². The van der Waals surface area contributed by atoms with Gasteiger partial charge in [0.2, 0.25) is 0 Å². The average Bonchev–Trinajstić information content (AvgIpc) is 3.11. The maximum atomic E-state index is 2.59. The fourth-order valence-electron chi connectivity index (χ4n) is 5.30. The molecule has 3 heteroatoms. The van der Waals surface area contributed by atoms with Gasteiger partial charge in [-0.3, -0.25) is 0 Å². The van der Waals surface area contributed by atoms with Crippen LogP contribution in [0.3, 0.4) is 0 Å². The average molecular weight is 444 g/mol. The molecule has 0 radical (unpaired) electrons. The summed E-state index contributed by atoms with van der Waals surface area (Å²) in [6.07, 6.45) is 20.7. The van der Waals surface area contributed by atoms with Crippen LogP contribution in [-0.4, -0.2) is 3.21 Å². The molecule has 1 fully saturated rings. The van der Waals surface area contributed by atoms with E-state index in [1.54, 1.807) is 8.78 Å². The van der Waals surface area contributed by atoms with Crippen molar-refractivity contribution >= 4 is 3.21 Å². The first kappa shape index (κ1) is 22.3. The van der Waals surface area contributed by atoms with Crippen molar-refractivity contribution < 1.29 is 47.6 Å². The zero-order chi connectivity index (χ0) is 15.7. The van der Waals surface area contributed by atoms with Gasteiger partial charge in [0.15, 0.2) is 0 Å². The van der Waals surface area contributed by atoms with Crippen LogP contribution < -0.4 is 24.8 Å². The Hall–Kier alpha value is 0.293. The van der Waals surface area contributed by atoms with Gasteiger partial charge in [0, 0.05) is 0 Å². The van der Waals surface area contributed by atoms with Gasteiger partial charge in [0.25, 0.3) is 0 Å². The second kappa shape index (κ2) is 9.29. The van der Waals surface area contributed by atoms with Crippen molar-refractivity contribution in [3.05, 3.63) is 48.1 Å². The first-order valence-electron chi connectivity index (χ1n) is 8.92. The number of fused-ring (bicyclic) bond motifs is 1. The maximum absolute atomic E-state index is 2.59. The summed E-state index contributed by atoms with van der Waals surface area (Å²) in [5, 5.41) is 0. The normalized spacial score (nSPS) is 35.6. The predicted molar refractivity (Wildman–Crippen MR) is 93.7 cm³/mol. The molecule has 5 atom stereocenters. The van der Waals surface area contributed by atoms with E-state index in [2.05, 4.69) is 70.2 Å². The molecule has 0 spiro atoms. The molecule has 0 N–H and O–H groups in total. The van der Waals surface area contributed by atoms with Crippen molar-refractivity contribution in [1.82, 2.24) is 0 Å². The maximum Gasteiger partial charge on any atom is -1.00 e. The van der Waals surface area contributed by atoms with Gasteiger partial charge in [-0.15, -0.1) is 0 Å². The Kier molecular flexibility index (Phi) is 8.65. The largest absolute Gasteiger partial charge is 1.00 e. The summed E-state index contributed by atoms with van der Waals surface area (Å²) in [5.74, 6) is 2.46. The Balaban J connectivity index is 0.00000144. The van der Waals surface area contributed by atoms with Gasteiger partial charge >= 0.3 is 148 Å². The summed E-state index contributed by atoms with van der Waals surface area (Å²) in [7, 11) is 0. The Bertz CT molecular complexity index is 581. The first-order chi connectivity index (χ1) is 10.6. The van der Waals surface area contributed by atoms with Crippen molar-refractivity contribution in [1.29, 1.82) is 0 Å². The van der Waals surface area contributed by atoms with E-state index in [9.17, 15) is 0 Å². The van der Waals surface area contributed by atoms with Crippen molar-refractivity contribution in [2.24, 2.45) is 23.2 Å². The molecule has 0 aromatic heterocycles. The quantitative estimate of drug-likeness (QED) is 0.563. The first-order valence-corrected chi connectivity index (χ1v) is 11.6. The molecule has 0 aromatic rings. The number of rotatable bonds is 4. The van der Waals surface area contributed by atoms with E-state index < -0.39 is 22.8 Å². The fraction of sp³-hybridized carbons (Fsp3) is 0.571. The van der Waals surface area contributed by atoms with Gasteiger partial charge in [0.1, 0.15) is 0 Å². The zero-order valence-corrected chi connectivity index (χ0v) is 19.2. The standard InChI is InChI=1S/C18H23.C3H6.2ClH.Zr/c1-3-17-16(14-9-5-6-10-14)13-15-11-7-8-12-18(15,17)4-2;1-3-2;;;/h5-9,11-13,15-17H,3-4,10H2,1-2H3;1-2H3;2*1H;/q;;;;+2/p-2. The van der Waals surface area contributed by atoms with Crippen molar-refractivity contribution in [2.45, 2.75) is 50.6 Å². The number of hydrogen-bond donors (Lipinski definition) is 0. The van der Waals surface area contributed by atoms with Crippen LogP contribution in [0, 0.1) is 23.2 Å². The summed E-state index contributed by atoms with van der Waals surface area (Å²) < 4.78 is 2.71. The molecule has 0 heterocycles. The summed E-state index contributed by atoms with van der Waals surface area (Å²) in [6.45, 7) is 9.63. The molecule has 0 saturated heterocycles. The monoisotopic (exact) mass is 441 g/mol. The van der Waals surface area contributed by atoms with Gasteiger partial charge in [-0.1, -0.05) is 0 Å². The molecule has 5 unspecified atom stereocenters. The van der Waals surface area contributed by atoms with Crippen molar-refractivity contribution in [2.75, 3.05) is 0 Å². The van der Waals surface area contributed by atoms with E-state index in [-0.39, 0.29) is 24.8 Å². The van der Waals surface area contributed by atoms with Gasteiger partial charge in [-0.2, -0.15) is 0 Å². The smallest absolute Gasteiger partial charge is 1.00 e. The van der Waals surface area contributed by atoms with E-state index in [1.807, 2.05) is 0 Å². The molecule has 3 aliphatic carbocycles. The van der Waals surface area contributed by atoms with Crippen LogP contribution in [0.25, 0.3) is 0 Å². The zero-order valence-electron chi connectivity index (χ0n) is 15.2. The SMILES string of the molecule is CCC1C(C2=CC=CC2)[CH]([Zr+2]=[C](C)C)C2C=CC=CC21CC.[Cl-].[Cl-]. The van der Waals surface area contributed by atoms with Crippen molar-refractivity contribution in [3.63, 3.8) is 0 Å². The van der Waals surface area contributed by atoms with Gasteiger partial charge in [0.05, 0.1) is 0 Å². The molecule has 24 heavy (non-hydrogen) atoms. The van der Waals surface area contributed by atoms with Gasteiger partial charge in [-0.25, -0.2) is 0 Å². The third kappa shape index (κ3) is 3.70. The number of halogens is 2. The molecule has 3 rings (SSSR count). The Morgan fingerprint density at radius 3 is 2.46 bits per heavy atom. The molecule has 1 saturated carbocycles. The predicted octanol–water partition coefficient (Wildman–Crippen LogP) is -0.241. The minimum absolute atomic E-state index is 0. The summed E-state index contributed by atoms with van der Waals surface area (Å²) in [4.78, 5) is 0. The van der Waals surface area contributed by atoms with Crippen LogP contribution in [-0.2, 0) is 22.8 Å². The third-order valence-electron chi connectivity index (χ3n) is 6.09. The molecular weight excluding hydrogens is 414 g/mol. The van der Waals surface area contributed by atoms with Crippen molar-refractivity contribution in [3.8, 4) is 0 Å². The van der Waals surface area contributed by atoms with E-state index in [0.29, 0.717) is 5.41 Å². The van der Waals surface area contributed by atoms with Crippen LogP contribution in [0.4, 0.5) is 0 Å². The number of hydrogen-bond acceptors (Lipinski definition) is 0. The van der Waals surface area contributed by atoms with Gasteiger partial charge in [-0.05, 0) is 0 Å². The number of allylic oxidation sites excluding steroid dienone is 8. The molecular formula is C21H29Cl2Zr. The van der Waals surface area contributed by atoms with Crippen LogP contribution in [0.2, 0.25) is 3.63 Å². The summed E-state index contributed by atoms with van der Waals surface area (Å²) in [5.41, 5.74) is 2.17. The second-order valence-electron chi connectivity index (χ2n) is 7.32. The van der Waals surface area contributed by atoms with E-state index in [0.717, 1.165) is 21.4 Å². The molecule has 3 aliphatic rings. The molecule has 131 valence electrons. The van der Waals surface area contributed by atoms with Crippen LogP contribution in [0.5, 0.6) is 0 Å². The molecule has 0 aromatic carbocycles. The summed E-state index contributed by atoms with van der Waals surface area (Å²) >= 11 is -0.469. The van der Waals surface area contributed by atoms with Crippen LogP contribution in [0.1, 0.15) is 47.0 Å². The van der Waals surface area contributed by atoms with E-state index >= 15 is 0 Å². The molecule has 0 aliphatic heterocycles. The molecule has 0 bridgehead atoms.